The van der Waals surface area contributed by atoms with Gasteiger partial charge in [0.15, 0.2) is 11.6 Å². The molecule has 0 unspecified atom stereocenters. The van der Waals surface area contributed by atoms with Gasteiger partial charge in [-0.25, -0.2) is 4.39 Å². The summed E-state index contributed by atoms with van der Waals surface area (Å²) in [6.45, 7) is 0.538. The first-order valence-corrected chi connectivity index (χ1v) is 6.51. The second-order valence-corrected chi connectivity index (χ2v) is 4.73. The van der Waals surface area contributed by atoms with Crippen LogP contribution in [0.3, 0.4) is 0 Å². The van der Waals surface area contributed by atoms with E-state index in [0.29, 0.717) is 22.5 Å². The lowest BCUT2D eigenvalue weighted by atomic mass is 10.3. The van der Waals surface area contributed by atoms with Gasteiger partial charge < -0.3 is 15.2 Å². The van der Waals surface area contributed by atoms with E-state index in [-0.39, 0.29) is 12.4 Å². The van der Waals surface area contributed by atoms with E-state index in [1.807, 2.05) is 12.1 Å². The van der Waals surface area contributed by atoms with Crippen molar-refractivity contribution in [2.24, 2.45) is 0 Å². The average Bonchev–Trinajstić information content (AvgIpc) is 2.38. The Morgan fingerprint density at radius 2 is 1.68 bits per heavy atom. The van der Waals surface area contributed by atoms with E-state index in [9.17, 15) is 4.39 Å². The van der Waals surface area contributed by atoms with Crippen LogP contribution in [-0.4, -0.2) is 13.2 Å². The third kappa shape index (κ3) is 3.86. The molecule has 2 N–H and O–H groups in total. The SMILES string of the molecule is Nc1ccccc1OCCOc1ccc(Br)cc1F. The van der Waals surface area contributed by atoms with Gasteiger partial charge in [-0.3, -0.25) is 0 Å². The van der Waals surface area contributed by atoms with E-state index >= 15 is 0 Å². The minimum Gasteiger partial charge on any atom is -0.488 e. The third-order valence-electron chi connectivity index (χ3n) is 2.41. The number of benzene rings is 2. The number of hydrogen-bond donors (Lipinski definition) is 1. The fraction of sp³-hybridized carbons (Fsp3) is 0.143. The average molecular weight is 326 g/mol. The highest BCUT2D eigenvalue weighted by Crippen LogP contribution is 2.22. The smallest absolute Gasteiger partial charge is 0.166 e. The molecule has 0 spiro atoms. The zero-order valence-electron chi connectivity index (χ0n) is 10.1. The van der Waals surface area contributed by atoms with Gasteiger partial charge >= 0.3 is 0 Å². The van der Waals surface area contributed by atoms with Crippen molar-refractivity contribution in [3.05, 3.63) is 52.8 Å². The van der Waals surface area contributed by atoms with Gasteiger partial charge in [-0.05, 0) is 30.3 Å². The van der Waals surface area contributed by atoms with Crippen molar-refractivity contribution in [1.82, 2.24) is 0 Å². The summed E-state index contributed by atoms with van der Waals surface area (Å²) < 4.78 is 24.9. The number of rotatable bonds is 5. The Hall–Kier alpha value is -1.75. The lowest BCUT2D eigenvalue weighted by molar-refractivity contribution is 0.212. The first-order chi connectivity index (χ1) is 9.16. The van der Waals surface area contributed by atoms with E-state index in [4.69, 9.17) is 15.2 Å². The molecule has 0 aliphatic rings. The monoisotopic (exact) mass is 325 g/mol. The Balaban J connectivity index is 1.83. The number of para-hydroxylation sites is 2. The molecule has 2 aromatic rings. The van der Waals surface area contributed by atoms with Gasteiger partial charge in [0.1, 0.15) is 19.0 Å². The maximum absolute atomic E-state index is 13.4. The summed E-state index contributed by atoms with van der Waals surface area (Å²) in [7, 11) is 0. The summed E-state index contributed by atoms with van der Waals surface area (Å²) in [6.07, 6.45) is 0. The summed E-state index contributed by atoms with van der Waals surface area (Å²) in [6, 6.07) is 11.8. The first-order valence-electron chi connectivity index (χ1n) is 5.72. The van der Waals surface area contributed by atoms with Gasteiger partial charge in [0.2, 0.25) is 0 Å². The van der Waals surface area contributed by atoms with Gasteiger partial charge in [0.25, 0.3) is 0 Å². The molecule has 5 heteroatoms. The molecule has 0 radical (unpaired) electrons. The molecule has 0 fully saturated rings. The largest absolute Gasteiger partial charge is 0.488 e. The van der Waals surface area contributed by atoms with Crippen molar-refractivity contribution in [3.8, 4) is 11.5 Å². The molecule has 0 aromatic heterocycles. The van der Waals surface area contributed by atoms with Crippen molar-refractivity contribution in [2.75, 3.05) is 18.9 Å². The molecule has 0 saturated carbocycles. The molecule has 0 saturated heterocycles. The van der Waals surface area contributed by atoms with E-state index in [1.165, 1.54) is 6.07 Å². The molecular weight excluding hydrogens is 313 g/mol. The zero-order chi connectivity index (χ0) is 13.7. The Morgan fingerprint density at radius 1 is 1.00 bits per heavy atom. The maximum atomic E-state index is 13.4. The summed E-state index contributed by atoms with van der Waals surface area (Å²) in [5.41, 5.74) is 6.29. The van der Waals surface area contributed by atoms with E-state index in [0.717, 1.165) is 0 Å². The number of halogens is 2. The van der Waals surface area contributed by atoms with Gasteiger partial charge in [-0.1, -0.05) is 28.1 Å². The van der Waals surface area contributed by atoms with Gasteiger partial charge in [0, 0.05) is 4.47 Å². The molecule has 19 heavy (non-hydrogen) atoms. The highest BCUT2D eigenvalue weighted by atomic mass is 79.9. The molecule has 2 rings (SSSR count). The molecule has 0 aliphatic heterocycles. The summed E-state index contributed by atoms with van der Waals surface area (Å²) in [4.78, 5) is 0. The van der Waals surface area contributed by atoms with Crippen molar-refractivity contribution in [2.45, 2.75) is 0 Å². The minimum atomic E-state index is -0.409. The normalized spacial score (nSPS) is 10.2. The van der Waals surface area contributed by atoms with Crippen LogP contribution < -0.4 is 15.2 Å². The van der Waals surface area contributed by atoms with Crippen LogP contribution in [0.1, 0.15) is 0 Å². The fourth-order valence-corrected chi connectivity index (χ4v) is 1.84. The van der Waals surface area contributed by atoms with Crippen LogP contribution in [0.25, 0.3) is 0 Å². The Bertz CT molecular complexity index is 563. The second kappa shape index (κ2) is 6.43. The van der Waals surface area contributed by atoms with E-state index < -0.39 is 5.82 Å². The molecule has 100 valence electrons. The molecule has 0 heterocycles. The van der Waals surface area contributed by atoms with Gasteiger partial charge in [0.05, 0.1) is 5.69 Å². The van der Waals surface area contributed by atoms with Crippen molar-refractivity contribution < 1.29 is 13.9 Å². The standard InChI is InChI=1S/C14H13BrFNO2/c15-10-5-6-13(11(16)9-10)18-7-8-19-14-4-2-1-3-12(14)17/h1-6,9H,7-8,17H2. The molecule has 0 atom stereocenters. The first kappa shape index (κ1) is 13.7. The highest BCUT2D eigenvalue weighted by Gasteiger charge is 2.04. The highest BCUT2D eigenvalue weighted by molar-refractivity contribution is 9.10. The number of hydrogen-bond acceptors (Lipinski definition) is 3. The minimum absolute atomic E-state index is 0.202. The molecule has 0 amide bonds. The topological polar surface area (TPSA) is 44.5 Å². The number of anilines is 1. The zero-order valence-corrected chi connectivity index (χ0v) is 11.7. The number of nitrogen functional groups attached to an aromatic ring is 1. The summed E-state index contributed by atoms with van der Waals surface area (Å²) >= 11 is 3.18. The summed E-state index contributed by atoms with van der Waals surface area (Å²) in [5, 5.41) is 0. The van der Waals surface area contributed by atoms with Crippen molar-refractivity contribution in [3.63, 3.8) is 0 Å². The van der Waals surface area contributed by atoms with Crippen LogP contribution in [0.15, 0.2) is 46.9 Å². The van der Waals surface area contributed by atoms with Crippen LogP contribution in [0.4, 0.5) is 10.1 Å². The Morgan fingerprint density at radius 3 is 2.37 bits per heavy atom. The fourth-order valence-electron chi connectivity index (χ4n) is 1.51. The number of ether oxygens (including phenoxy) is 2. The lowest BCUT2D eigenvalue weighted by Gasteiger charge is -2.10. The molecule has 0 bridgehead atoms. The molecular formula is C14H13BrFNO2. The number of nitrogens with two attached hydrogens (primary N) is 1. The predicted octanol–water partition coefficient (Wildman–Crippen LogP) is 3.63. The Labute approximate surface area is 119 Å². The predicted molar refractivity (Wildman–Crippen MR) is 75.9 cm³/mol. The van der Waals surface area contributed by atoms with E-state index in [1.54, 1.807) is 24.3 Å². The maximum Gasteiger partial charge on any atom is 0.166 e. The van der Waals surface area contributed by atoms with Crippen molar-refractivity contribution in [1.29, 1.82) is 0 Å². The molecule has 3 nitrogen and oxygen atoms in total. The van der Waals surface area contributed by atoms with E-state index in [2.05, 4.69) is 15.9 Å². The van der Waals surface area contributed by atoms with Crippen LogP contribution in [-0.2, 0) is 0 Å². The summed E-state index contributed by atoms with van der Waals surface area (Å²) in [5.74, 6) is 0.392. The molecule has 2 aromatic carbocycles. The van der Waals surface area contributed by atoms with Crippen LogP contribution in [0.2, 0.25) is 0 Å². The van der Waals surface area contributed by atoms with Crippen LogP contribution in [0, 0.1) is 5.82 Å². The molecule has 0 aliphatic carbocycles. The van der Waals surface area contributed by atoms with Gasteiger partial charge in [-0.2, -0.15) is 0 Å². The van der Waals surface area contributed by atoms with Gasteiger partial charge in [-0.15, -0.1) is 0 Å². The third-order valence-corrected chi connectivity index (χ3v) is 2.90. The quantitative estimate of drug-likeness (QED) is 0.674. The lowest BCUT2D eigenvalue weighted by Crippen LogP contribution is -2.10. The Kier molecular flexibility index (Phi) is 4.63. The second-order valence-electron chi connectivity index (χ2n) is 3.81. The van der Waals surface area contributed by atoms with Crippen molar-refractivity contribution >= 4 is 21.6 Å². The van der Waals surface area contributed by atoms with Crippen LogP contribution >= 0.6 is 15.9 Å². The van der Waals surface area contributed by atoms with Crippen LogP contribution in [0.5, 0.6) is 11.5 Å².